The van der Waals surface area contributed by atoms with Gasteiger partial charge in [-0.05, 0) is 62.3 Å². The van der Waals surface area contributed by atoms with E-state index in [4.69, 9.17) is 16.4 Å². The molecule has 3 fully saturated rings. The van der Waals surface area contributed by atoms with Crippen LogP contribution in [-0.2, 0) is 4.84 Å². The van der Waals surface area contributed by atoms with Crippen molar-refractivity contribution >= 4 is 23.1 Å². The molecule has 1 atom stereocenters. The summed E-state index contributed by atoms with van der Waals surface area (Å²) >= 11 is 6.07. The van der Waals surface area contributed by atoms with Gasteiger partial charge in [-0.1, -0.05) is 35.0 Å². The molecule has 128 valence electrons. The Hall–Kier alpha value is -2.04. The SMILES string of the molecule is Clc1ccc(C2=NOC3(CN4CCC3CC4)N2c2ccccc2)cc1. The van der Waals surface area contributed by atoms with Crippen molar-refractivity contribution in [1.82, 2.24) is 4.90 Å². The molecular formula is C20H20ClN3O. The van der Waals surface area contributed by atoms with Gasteiger partial charge in [-0.3, -0.25) is 9.80 Å². The first-order valence-electron chi connectivity index (χ1n) is 8.86. The van der Waals surface area contributed by atoms with Gasteiger partial charge in [0.05, 0.1) is 6.54 Å². The summed E-state index contributed by atoms with van der Waals surface area (Å²) in [7, 11) is 0. The molecule has 6 rings (SSSR count). The minimum Gasteiger partial charge on any atom is -0.363 e. The largest absolute Gasteiger partial charge is 0.363 e. The second kappa shape index (κ2) is 5.75. The Morgan fingerprint density at radius 1 is 1.00 bits per heavy atom. The van der Waals surface area contributed by atoms with E-state index < -0.39 is 5.72 Å². The van der Waals surface area contributed by atoms with Crippen molar-refractivity contribution in [2.75, 3.05) is 24.5 Å². The van der Waals surface area contributed by atoms with E-state index in [9.17, 15) is 0 Å². The molecule has 3 saturated heterocycles. The van der Waals surface area contributed by atoms with Gasteiger partial charge in [0.1, 0.15) is 0 Å². The minimum absolute atomic E-state index is 0.396. The summed E-state index contributed by atoms with van der Waals surface area (Å²) in [5.41, 5.74) is 1.76. The molecule has 2 aromatic carbocycles. The molecule has 0 amide bonds. The fourth-order valence-corrected chi connectivity index (χ4v) is 4.56. The fourth-order valence-electron chi connectivity index (χ4n) is 4.43. The van der Waals surface area contributed by atoms with Crippen LogP contribution in [0, 0.1) is 5.92 Å². The number of halogens is 1. The number of benzene rings is 2. The quantitative estimate of drug-likeness (QED) is 0.818. The number of amidine groups is 1. The molecule has 0 radical (unpaired) electrons. The highest BCUT2D eigenvalue weighted by molar-refractivity contribution is 6.30. The van der Waals surface area contributed by atoms with Gasteiger partial charge < -0.3 is 4.84 Å². The van der Waals surface area contributed by atoms with E-state index in [-0.39, 0.29) is 0 Å². The Kier molecular flexibility index (Phi) is 3.50. The first kappa shape index (κ1) is 15.2. The smallest absolute Gasteiger partial charge is 0.231 e. The highest BCUT2D eigenvalue weighted by atomic mass is 35.5. The van der Waals surface area contributed by atoms with Crippen LogP contribution in [0.5, 0.6) is 0 Å². The number of piperidine rings is 3. The molecule has 4 nitrogen and oxygen atoms in total. The number of anilines is 1. The summed E-state index contributed by atoms with van der Waals surface area (Å²) in [6.07, 6.45) is 2.32. The Morgan fingerprint density at radius 2 is 1.72 bits per heavy atom. The number of oxime groups is 1. The lowest BCUT2D eigenvalue weighted by Gasteiger charge is -2.53. The molecule has 4 aliphatic heterocycles. The molecule has 0 aliphatic carbocycles. The maximum atomic E-state index is 6.22. The van der Waals surface area contributed by atoms with Crippen LogP contribution < -0.4 is 4.90 Å². The topological polar surface area (TPSA) is 28.1 Å². The third-order valence-electron chi connectivity index (χ3n) is 5.67. The van der Waals surface area contributed by atoms with Crippen molar-refractivity contribution in [3.8, 4) is 0 Å². The minimum atomic E-state index is -0.396. The van der Waals surface area contributed by atoms with Gasteiger partial charge in [-0.15, -0.1) is 0 Å². The molecule has 1 unspecified atom stereocenters. The number of para-hydroxylation sites is 1. The van der Waals surface area contributed by atoms with Gasteiger partial charge in [-0.25, -0.2) is 0 Å². The molecule has 0 saturated carbocycles. The monoisotopic (exact) mass is 353 g/mol. The van der Waals surface area contributed by atoms with Crippen molar-refractivity contribution in [3.63, 3.8) is 0 Å². The van der Waals surface area contributed by atoms with E-state index >= 15 is 0 Å². The fraction of sp³-hybridized carbons (Fsp3) is 0.350. The maximum absolute atomic E-state index is 6.22. The summed E-state index contributed by atoms with van der Waals surface area (Å²) < 4.78 is 0. The van der Waals surface area contributed by atoms with Crippen molar-refractivity contribution < 1.29 is 4.84 Å². The number of hydrogen-bond acceptors (Lipinski definition) is 4. The molecule has 1 spiro atoms. The molecule has 0 aromatic heterocycles. The highest BCUT2D eigenvalue weighted by Gasteiger charge is 2.57. The average molecular weight is 354 g/mol. The van der Waals surface area contributed by atoms with Crippen LogP contribution in [0.3, 0.4) is 0 Å². The maximum Gasteiger partial charge on any atom is 0.231 e. The second-order valence-corrected chi connectivity index (χ2v) is 7.52. The third kappa shape index (κ3) is 2.35. The lowest BCUT2D eigenvalue weighted by atomic mass is 9.79. The van der Waals surface area contributed by atoms with E-state index in [2.05, 4.69) is 39.2 Å². The van der Waals surface area contributed by atoms with Crippen LogP contribution in [0.1, 0.15) is 18.4 Å². The molecule has 2 aromatic rings. The number of rotatable bonds is 2. The number of hydrogen-bond donors (Lipinski definition) is 0. The average Bonchev–Trinajstić information content (AvgIpc) is 3.02. The van der Waals surface area contributed by atoms with E-state index in [0.717, 1.165) is 54.6 Å². The van der Waals surface area contributed by atoms with Crippen molar-refractivity contribution in [3.05, 3.63) is 65.2 Å². The van der Waals surface area contributed by atoms with Crippen molar-refractivity contribution in [2.45, 2.75) is 18.6 Å². The highest BCUT2D eigenvalue weighted by Crippen LogP contribution is 2.46. The van der Waals surface area contributed by atoms with Gasteiger partial charge in [-0.2, -0.15) is 0 Å². The Bertz CT molecular complexity index is 799. The summed E-state index contributed by atoms with van der Waals surface area (Å²) in [5, 5.41) is 5.29. The van der Waals surface area contributed by atoms with Crippen LogP contribution in [0.4, 0.5) is 5.69 Å². The van der Waals surface area contributed by atoms with E-state index in [1.54, 1.807) is 0 Å². The molecule has 25 heavy (non-hydrogen) atoms. The van der Waals surface area contributed by atoms with Gasteiger partial charge in [0, 0.05) is 22.2 Å². The summed E-state index contributed by atoms with van der Waals surface area (Å²) in [6, 6.07) is 18.3. The lowest BCUT2D eigenvalue weighted by Crippen LogP contribution is -2.67. The van der Waals surface area contributed by atoms with E-state index in [0.29, 0.717) is 5.92 Å². The van der Waals surface area contributed by atoms with E-state index in [1.165, 1.54) is 0 Å². The first-order chi connectivity index (χ1) is 12.3. The predicted octanol–water partition coefficient (Wildman–Crippen LogP) is 3.96. The summed E-state index contributed by atoms with van der Waals surface area (Å²) in [4.78, 5) is 11.0. The third-order valence-corrected chi connectivity index (χ3v) is 5.92. The van der Waals surface area contributed by atoms with E-state index in [1.807, 2.05) is 30.3 Å². The van der Waals surface area contributed by atoms with Crippen molar-refractivity contribution in [2.24, 2.45) is 11.1 Å². The second-order valence-electron chi connectivity index (χ2n) is 7.08. The van der Waals surface area contributed by atoms with Crippen LogP contribution in [0.25, 0.3) is 0 Å². The summed E-state index contributed by atoms with van der Waals surface area (Å²) in [5.74, 6) is 1.36. The Labute approximate surface area is 152 Å². The molecular weight excluding hydrogens is 334 g/mol. The van der Waals surface area contributed by atoms with Crippen LogP contribution >= 0.6 is 11.6 Å². The van der Waals surface area contributed by atoms with Gasteiger partial charge >= 0.3 is 0 Å². The number of fused-ring (bicyclic) bond motifs is 2. The Balaban J connectivity index is 1.61. The predicted molar refractivity (Wildman–Crippen MR) is 99.9 cm³/mol. The molecule has 4 aliphatic rings. The zero-order chi connectivity index (χ0) is 16.9. The van der Waals surface area contributed by atoms with Gasteiger partial charge in [0.25, 0.3) is 0 Å². The first-order valence-corrected chi connectivity index (χ1v) is 9.24. The molecule has 5 heteroatoms. The van der Waals surface area contributed by atoms with Crippen LogP contribution in [0.15, 0.2) is 59.8 Å². The molecule has 4 heterocycles. The van der Waals surface area contributed by atoms with Gasteiger partial charge in [0.2, 0.25) is 5.72 Å². The zero-order valence-corrected chi connectivity index (χ0v) is 14.7. The summed E-state index contributed by atoms with van der Waals surface area (Å²) in [6.45, 7) is 3.22. The normalized spacial score (nSPS) is 30.4. The molecule has 0 N–H and O–H groups in total. The number of nitrogens with zero attached hydrogens (tertiary/aromatic N) is 3. The lowest BCUT2D eigenvalue weighted by molar-refractivity contribution is -0.134. The zero-order valence-electron chi connectivity index (χ0n) is 13.9. The standard InChI is InChI=1S/C20H20ClN3O/c21-17-8-6-15(7-9-17)19-22-25-20(14-23-12-10-16(20)11-13-23)24(19)18-4-2-1-3-5-18/h1-9,16H,10-14H2. The van der Waals surface area contributed by atoms with Gasteiger partial charge in [0.15, 0.2) is 5.84 Å². The van der Waals surface area contributed by atoms with Crippen LogP contribution in [-0.4, -0.2) is 36.1 Å². The van der Waals surface area contributed by atoms with Crippen molar-refractivity contribution in [1.29, 1.82) is 0 Å². The Morgan fingerprint density at radius 3 is 2.36 bits per heavy atom. The van der Waals surface area contributed by atoms with Crippen LogP contribution in [0.2, 0.25) is 5.02 Å². The molecule has 2 bridgehead atoms.